The zero-order valence-corrected chi connectivity index (χ0v) is 10.6. The first-order chi connectivity index (χ1) is 7.61. The summed E-state index contributed by atoms with van der Waals surface area (Å²) < 4.78 is 10.4. The standard InChI is InChI=1S/C12H23NO3/c1-4-6-13(7-5-2)11(14)16-10-12(3)8-15-9-12/h4-10H2,1-3H3. The van der Waals surface area contributed by atoms with E-state index in [0.29, 0.717) is 19.8 Å². The minimum absolute atomic E-state index is 0.0414. The number of carbonyl (C=O) groups is 1. The average molecular weight is 229 g/mol. The van der Waals surface area contributed by atoms with E-state index in [1.165, 1.54) is 0 Å². The topological polar surface area (TPSA) is 38.8 Å². The number of hydrogen-bond acceptors (Lipinski definition) is 3. The summed E-state index contributed by atoms with van der Waals surface area (Å²) >= 11 is 0. The van der Waals surface area contributed by atoms with Crippen LogP contribution in [0.2, 0.25) is 0 Å². The van der Waals surface area contributed by atoms with Crippen LogP contribution in [0.15, 0.2) is 0 Å². The Morgan fingerprint density at radius 3 is 2.25 bits per heavy atom. The molecule has 0 aromatic rings. The molecular formula is C12H23NO3. The smallest absolute Gasteiger partial charge is 0.409 e. The van der Waals surface area contributed by atoms with E-state index in [1.54, 1.807) is 4.90 Å². The van der Waals surface area contributed by atoms with Crippen LogP contribution < -0.4 is 0 Å². The Hall–Kier alpha value is -0.770. The maximum atomic E-state index is 11.8. The van der Waals surface area contributed by atoms with Gasteiger partial charge in [0.2, 0.25) is 0 Å². The van der Waals surface area contributed by atoms with E-state index in [1.807, 2.05) is 0 Å². The third kappa shape index (κ3) is 3.67. The summed E-state index contributed by atoms with van der Waals surface area (Å²) in [5.41, 5.74) is 0.0414. The summed E-state index contributed by atoms with van der Waals surface area (Å²) in [5.74, 6) is 0. The molecular weight excluding hydrogens is 206 g/mol. The highest BCUT2D eigenvalue weighted by Crippen LogP contribution is 2.26. The lowest BCUT2D eigenvalue weighted by Gasteiger charge is -2.37. The van der Waals surface area contributed by atoms with Crippen LogP contribution in [0, 0.1) is 5.41 Å². The van der Waals surface area contributed by atoms with Crippen molar-refractivity contribution < 1.29 is 14.3 Å². The molecule has 1 saturated heterocycles. The molecule has 94 valence electrons. The van der Waals surface area contributed by atoms with Crippen molar-refractivity contribution in [1.29, 1.82) is 0 Å². The molecule has 0 bridgehead atoms. The van der Waals surface area contributed by atoms with E-state index < -0.39 is 0 Å². The van der Waals surface area contributed by atoms with Gasteiger partial charge in [-0.1, -0.05) is 20.8 Å². The van der Waals surface area contributed by atoms with Gasteiger partial charge in [-0.25, -0.2) is 4.79 Å². The number of rotatable bonds is 6. The van der Waals surface area contributed by atoms with Gasteiger partial charge in [0, 0.05) is 18.5 Å². The maximum absolute atomic E-state index is 11.8. The summed E-state index contributed by atoms with van der Waals surface area (Å²) in [6.07, 6.45) is 1.75. The Morgan fingerprint density at radius 2 is 1.88 bits per heavy atom. The van der Waals surface area contributed by atoms with Crippen LogP contribution in [0.5, 0.6) is 0 Å². The predicted molar refractivity (Wildman–Crippen MR) is 62.4 cm³/mol. The van der Waals surface area contributed by atoms with E-state index in [9.17, 15) is 4.79 Å². The second kappa shape index (κ2) is 6.09. The van der Waals surface area contributed by atoms with Crippen LogP contribution in [0.1, 0.15) is 33.6 Å². The minimum atomic E-state index is -0.183. The first-order valence-electron chi connectivity index (χ1n) is 6.11. The summed E-state index contributed by atoms with van der Waals surface area (Å²) in [7, 11) is 0. The molecule has 4 heteroatoms. The van der Waals surface area contributed by atoms with Crippen molar-refractivity contribution in [3.63, 3.8) is 0 Å². The Kier molecular flexibility index (Phi) is 5.06. The van der Waals surface area contributed by atoms with Crippen molar-refractivity contribution in [1.82, 2.24) is 4.90 Å². The highest BCUT2D eigenvalue weighted by molar-refractivity contribution is 5.67. The zero-order valence-electron chi connectivity index (χ0n) is 10.6. The molecule has 1 rings (SSSR count). The quantitative estimate of drug-likeness (QED) is 0.701. The van der Waals surface area contributed by atoms with Crippen molar-refractivity contribution in [2.75, 3.05) is 32.9 Å². The van der Waals surface area contributed by atoms with Crippen LogP contribution in [-0.2, 0) is 9.47 Å². The average Bonchev–Trinajstić information content (AvgIpc) is 2.23. The molecule has 0 unspecified atom stereocenters. The van der Waals surface area contributed by atoms with E-state index in [4.69, 9.17) is 9.47 Å². The molecule has 0 N–H and O–H groups in total. The van der Waals surface area contributed by atoms with Gasteiger partial charge in [-0.15, -0.1) is 0 Å². The molecule has 0 spiro atoms. The fourth-order valence-corrected chi connectivity index (χ4v) is 1.70. The van der Waals surface area contributed by atoms with Gasteiger partial charge in [0.25, 0.3) is 0 Å². The third-order valence-electron chi connectivity index (χ3n) is 2.69. The van der Waals surface area contributed by atoms with Crippen LogP contribution in [0.4, 0.5) is 4.79 Å². The number of carbonyl (C=O) groups excluding carboxylic acids is 1. The van der Waals surface area contributed by atoms with Crippen molar-refractivity contribution in [3.8, 4) is 0 Å². The van der Waals surface area contributed by atoms with Gasteiger partial charge in [0.1, 0.15) is 6.61 Å². The molecule has 4 nitrogen and oxygen atoms in total. The largest absolute Gasteiger partial charge is 0.449 e. The third-order valence-corrected chi connectivity index (χ3v) is 2.69. The van der Waals surface area contributed by atoms with Gasteiger partial charge in [-0.2, -0.15) is 0 Å². The maximum Gasteiger partial charge on any atom is 0.409 e. The molecule has 1 fully saturated rings. The number of amides is 1. The van der Waals surface area contributed by atoms with Gasteiger partial charge in [0.15, 0.2) is 0 Å². The normalized spacial score (nSPS) is 17.7. The minimum Gasteiger partial charge on any atom is -0.449 e. The number of hydrogen-bond donors (Lipinski definition) is 0. The monoisotopic (exact) mass is 229 g/mol. The fraction of sp³-hybridized carbons (Fsp3) is 0.917. The lowest BCUT2D eigenvalue weighted by atomic mass is 9.90. The first kappa shape index (κ1) is 13.3. The van der Waals surface area contributed by atoms with Crippen molar-refractivity contribution in [3.05, 3.63) is 0 Å². The highest BCUT2D eigenvalue weighted by Gasteiger charge is 2.35. The molecule has 1 amide bonds. The van der Waals surface area contributed by atoms with E-state index in [-0.39, 0.29) is 11.5 Å². The van der Waals surface area contributed by atoms with Crippen molar-refractivity contribution in [2.24, 2.45) is 5.41 Å². The fourth-order valence-electron chi connectivity index (χ4n) is 1.70. The number of nitrogens with zero attached hydrogens (tertiary/aromatic N) is 1. The van der Waals surface area contributed by atoms with Gasteiger partial charge in [0.05, 0.1) is 13.2 Å². The summed E-state index contributed by atoms with van der Waals surface area (Å²) in [6.45, 7) is 9.63. The molecule has 16 heavy (non-hydrogen) atoms. The Morgan fingerprint density at radius 1 is 1.31 bits per heavy atom. The van der Waals surface area contributed by atoms with Crippen LogP contribution >= 0.6 is 0 Å². The summed E-state index contributed by atoms with van der Waals surface area (Å²) in [5, 5.41) is 0. The van der Waals surface area contributed by atoms with Crippen molar-refractivity contribution >= 4 is 6.09 Å². The van der Waals surface area contributed by atoms with E-state index in [2.05, 4.69) is 20.8 Å². The molecule has 1 aliphatic heterocycles. The second-order valence-corrected chi connectivity index (χ2v) is 4.85. The molecule has 0 radical (unpaired) electrons. The molecule has 0 aromatic heterocycles. The molecule has 0 saturated carbocycles. The van der Waals surface area contributed by atoms with Gasteiger partial charge in [-0.3, -0.25) is 0 Å². The lowest BCUT2D eigenvalue weighted by Crippen LogP contribution is -2.45. The SMILES string of the molecule is CCCN(CCC)C(=O)OCC1(C)COC1. The van der Waals surface area contributed by atoms with Crippen LogP contribution in [-0.4, -0.2) is 43.9 Å². The Bertz CT molecular complexity index is 220. The predicted octanol–water partition coefficient (Wildman–Crippen LogP) is 2.28. The molecule has 0 atom stereocenters. The van der Waals surface area contributed by atoms with E-state index in [0.717, 1.165) is 25.9 Å². The van der Waals surface area contributed by atoms with Crippen molar-refractivity contribution in [2.45, 2.75) is 33.6 Å². The van der Waals surface area contributed by atoms with E-state index >= 15 is 0 Å². The number of ether oxygens (including phenoxy) is 2. The van der Waals surface area contributed by atoms with Gasteiger partial charge in [-0.05, 0) is 12.8 Å². The van der Waals surface area contributed by atoms with Crippen LogP contribution in [0.3, 0.4) is 0 Å². The first-order valence-corrected chi connectivity index (χ1v) is 6.11. The summed E-state index contributed by atoms with van der Waals surface area (Å²) in [4.78, 5) is 13.6. The Balaban J connectivity index is 2.30. The van der Waals surface area contributed by atoms with Gasteiger partial charge >= 0.3 is 6.09 Å². The zero-order chi connectivity index (χ0) is 12.0. The Labute approximate surface area is 97.9 Å². The van der Waals surface area contributed by atoms with Crippen LogP contribution in [0.25, 0.3) is 0 Å². The molecule has 1 heterocycles. The molecule has 0 aromatic carbocycles. The summed E-state index contributed by atoms with van der Waals surface area (Å²) in [6, 6.07) is 0. The lowest BCUT2D eigenvalue weighted by molar-refractivity contribution is -0.128. The highest BCUT2D eigenvalue weighted by atomic mass is 16.6. The van der Waals surface area contributed by atoms with Gasteiger partial charge < -0.3 is 14.4 Å². The molecule has 1 aliphatic rings. The molecule has 0 aliphatic carbocycles. The second-order valence-electron chi connectivity index (χ2n) is 4.85.